The first-order chi connectivity index (χ1) is 17.0. The van der Waals surface area contributed by atoms with Crippen LogP contribution in [0, 0.1) is 12.7 Å². The number of carbonyl (C=O) groups is 1. The molecule has 0 saturated carbocycles. The minimum atomic E-state index is -0.572. The lowest BCUT2D eigenvalue weighted by Gasteiger charge is -2.10. The molecule has 0 radical (unpaired) electrons. The molecule has 0 aliphatic rings. The Hall–Kier alpha value is -4.45. The predicted molar refractivity (Wildman–Crippen MR) is 125 cm³/mol. The number of nitrogens with one attached hydrogen (secondary N) is 2. The van der Waals surface area contributed by atoms with Gasteiger partial charge in [0, 0.05) is 17.6 Å². The van der Waals surface area contributed by atoms with E-state index in [-0.39, 0.29) is 18.1 Å². The topological polar surface area (TPSA) is 128 Å². The van der Waals surface area contributed by atoms with Gasteiger partial charge in [-0.1, -0.05) is 11.6 Å². The highest BCUT2D eigenvalue weighted by atomic mass is 35.5. The molecule has 3 aromatic heterocycles. The summed E-state index contributed by atoms with van der Waals surface area (Å²) in [4.78, 5) is 29.3. The van der Waals surface area contributed by atoms with Gasteiger partial charge in [-0.25, -0.2) is 38.5 Å². The maximum absolute atomic E-state index is 13.9. The predicted octanol–water partition coefficient (Wildman–Crippen LogP) is 2.89. The molecule has 13 heteroatoms. The molecule has 5 rings (SSSR count). The van der Waals surface area contributed by atoms with Crippen molar-refractivity contribution in [3.05, 3.63) is 83.6 Å². The van der Waals surface area contributed by atoms with Crippen LogP contribution in [0.15, 0.2) is 55.2 Å². The summed E-state index contributed by atoms with van der Waals surface area (Å²) in [6.07, 6.45) is 4.62. The number of hydrogen-bond donors (Lipinski definition) is 2. The van der Waals surface area contributed by atoms with E-state index in [4.69, 9.17) is 11.6 Å². The number of amides is 2. The van der Waals surface area contributed by atoms with Crippen molar-refractivity contribution in [3.8, 4) is 11.4 Å². The summed E-state index contributed by atoms with van der Waals surface area (Å²) in [5.74, 6) is 0.872. The molecule has 2 amide bonds. The molecule has 0 bridgehead atoms. The molecule has 3 heterocycles. The zero-order chi connectivity index (χ0) is 24.4. The van der Waals surface area contributed by atoms with Crippen LogP contribution in [-0.2, 0) is 13.1 Å². The van der Waals surface area contributed by atoms with Crippen LogP contribution < -0.4 is 10.6 Å². The van der Waals surface area contributed by atoms with E-state index < -0.39 is 11.8 Å². The molecule has 11 nitrogen and oxygen atoms in total. The number of aromatic nitrogens is 8. The third-order valence-electron chi connectivity index (χ3n) is 5.09. The average molecular weight is 493 g/mol. The van der Waals surface area contributed by atoms with Gasteiger partial charge in [-0.2, -0.15) is 10.2 Å². The van der Waals surface area contributed by atoms with Gasteiger partial charge in [0.05, 0.1) is 35.0 Å². The average Bonchev–Trinajstić information content (AvgIpc) is 3.49. The molecule has 0 aliphatic heterocycles. The lowest BCUT2D eigenvalue weighted by molar-refractivity contribution is 0.239. The largest absolute Gasteiger partial charge is 0.331 e. The second kappa shape index (κ2) is 9.43. The zero-order valence-corrected chi connectivity index (χ0v) is 19.1. The van der Waals surface area contributed by atoms with Crippen LogP contribution in [0.2, 0.25) is 5.02 Å². The molecular formula is C22H18ClFN10O. The Kier molecular flexibility index (Phi) is 6.02. The number of aryl methyl sites for hydroxylation is 1. The number of fused-ring (bicyclic) bond motifs is 1. The molecule has 176 valence electrons. The fraction of sp³-hybridized carbons (Fsp3) is 0.136. The van der Waals surface area contributed by atoms with E-state index in [1.54, 1.807) is 23.9 Å². The molecule has 0 aliphatic carbocycles. The van der Waals surface area contributed by atoms with Gasteiger partial charge in [0.2, 0.25) is 0 Å². The Morgan fingerprint density at radius 1 is 1.00 bits per heavy atom. The molecule has 0 atom stereocenters. The molecule has 0 unspecified atom stereocenters. The first-order valence-electron chi connectivity index (χ1n) is 10.5. The van der Waals surface area contributed by atoms with Crippen molar-refractivity contribution in [3.63, 3.8) is 0 Å². The molecular weight excluding hydrogens is 475 g/mol. The lowest BCUT2D eigenvalue weighted by atomic mass is 10.2. The first-order valence-corrected chi connectivity index (χ1v) is 10.8. The fourth-order valence-corrected chi connectivity index (χ4v) is 3.60. The number of urea groups is 1. The van der Waals surface area contributed by atoms with Crippen molar-refractivity contribution in [2.75, 3.05) is 0 Å². The van der Waals surface area contributed by atoms with E-state index in [2.05, 4.69) is 40.8 Å². The normalized spacial score (nSPS) is 11.1. The van der Waals surface area contributed by atoms with Crippen LogP contribution in [0.1, 0.15) is 17.5 Å². The Morgan fingerprint density at radius 2 is 1.77 bits per heavy atom. The van der Waals surface area contributed by atoms with Crippen molar-refractivity contribution in [1.82, 2.24) is 50.1 Å². The fourth-order valence-electron chi connectivity index (χ4n) is 3.48. The molecule has 2 N–H and O–H groups in total. The number of rotatable bonds is 6. The minimum absolute atomic E-state index is 0.00881. The van der Waals surface area contributed by atoms with Gasteiger partial charge in [-0.05, 0) is 37.3 Å². The summed E-state index contributed by atoms with van der Waals surface area (Å²) in [5, 5.41) is 14.9. The van der Waals surface area contributed by atoms with E-state index >= 15 is 0 Å². The van der Waals surface area contributed by atoms with Crippen LogP contribution in [0.3, 0.4) is 0 Å². The van der Waals surface area contributed by atoms with Crippen LogP contribution >= 0.6 is 11.6 Å². The summed E-state index contributed by atoms with van der Waals surface area (Å²) < 4.78 is 17.0. The smallest absolute Gasteiger partial charge is 0.315 e. The first kappa shape index (κ1) is 22.3. The third-order valence-corrected chi connectivity index (χ3v) is 5.40. The summed E-state index contributed by atoms with van der Waals surface area (Å²) in [6.45, 7) is 1.90. The maximum atomic E-state index is 13.9. The van der Waals surface area contributed by atoms with Gasteiger partial charge < -0.3 is 10.6 Å². The quantitative estimate of drug-likeness (QED) is 0.373. The van der Waals surface area contributed by atoms with Crippen LogP contribution in [0.4, 0.5) is 9.18 Å². The number of benzene rings is 2. The van der Waals surface area contributed by atoms with Crippen molar-refractivity contribution in [2.45, 2.75) is 20.0 Å². The Bertz CT molecular complexity index is 1530. The highest BCUT2D eigenvalue weighted by Crippen LogP contribution is 2.19. The van der Waals surface area contributed by atoms with E-state index in [9.17, 15) is 9.18 Å². The SMILES string of the molecule is Cc1nc(CNC(=O)NCc2ncnn2-c2ccc3ncncc3c2)n(-c2ccc(Cl)c(F)c2)n1. The molecule has 0 fully saturated rings. The standard InChI is InChI=1S/C22H18ClFN10O/c1-13-31-21(34(32-13)16-2-4-17(23)18(24)7-16)10-27-22(35)26-9-20-29-12-30-33(20)15-3-5-19-14(6-15)8-25-11-28-19/h2-8,11-12H,9-10H2,1H3,(H2,26,27,35). The molecule has 0 saturated heterocycles. The van der Waals surface area contributed by atoms with Gasteiger partial charge in [-0.15, -0.1) is 0 Å². The van der Waals surface area contributed by atoms with Crippen LogP contribution in [0.25, 0.3) is 22.3 Å². The van der Waals surface area contributed by atoms with E-state index in [0.717, 1.165) is 16.6 Å². The van der Waals surface area contributed by atoms with Gasteiger partial charge >= 0.3 is 6.03 Å². The summed E-state index contributed by atoms with van der Waals surface area (Å²) in [7, 11) is 0. The summed E-state index contributed by atoms with van der Waals surface area (Å²) in [6, 6.07) is 9.49. The van der Waals surface area contributed by atoms with Crippen LogP contribution in [0.5, 0.6) is 0 Å². The summed E-state index contributed by atoms with van der Waals surface area (Å²) >= 11 is 5.77. The van der Waals surface area contributed by atoms with Crippen LogP contribution in [-0.4, -0.2) is 45.5 Å². The molecule has 5 aromatic rings. The Balaban J connectivity index is 1.24. The Labute approximate surface area is 203 Å². The zero-order valence-electron chi connectivity index (χ0n) is 18.4. The number of halogens is 2. The highest BCUT2D eigenvalue weighted by molar-refractivity contribution is 6.30. The second-order valence-corrected chi connectivity index (χ2v) is 7.88. The molecule has 2 aromatic carbocycles. The van der Waals surface area contributed by atoms with Crippen molar-refractivity contribution in [1.29, 1.82) is 0 Å². The van der Waals surface area contributed by atoms with Crippen molar-refractivity contribution in [2.24, 2.45) is 0 Å². The van der Waals surface area contributed by atoms with E-state index in [1.807, 2.05) is 18.2 Å². The van der Waals surface area contributed by atoms with Crippen molar-refractivity contribution >= 4 is 28.5 Å². The lowest BCUT2D eigenvalue weighted by Crippen LogP contribution is -2.36. The maximum Gasteiger partial charge on any atom is 0.315 e. The minimum Gasteiger partial charge on any atom is -0.331 e. The van der Waals surface area contributed by atoms with Gasteiger partial charge in [0.25, 0.3) is 0 Å². The summed E-state index contributed by atoms with van der Waals surface area (Å²) in [5.41, 5.74) is 2.02. The van der Waals surface area contributed by atoms with Gasteiger partial charge in [0.1, 0.15) is 24.3 Å². The van der Waals surface area contributed by atoms with Gasteiger partial charge in [-0.3, -0.25) is 0 Å². The molecule has 35 heavy (non-hydrogen) atoms. The van der Waals surface area contributed by atoms with Gasteiger partial charge in [0.15, 0.2) is 11.6 Å². The number of nitrogens with zero attached hydrogens (tertiary/aromatic N) is 8. The third kappa shape index (κ3) is 4.77. The number of carbonyl (C=O) groups excluding carboxylic acids is 1. The van der Waals surface area contributed by atoms with E-state index in [0.29, 0.717) is 23.2 Å². The monoisotopic (exact) mass is 492 g/mol. The number of hydrogen-bond acceptors (Lipinski definition) is 7. The Morgan fingerprint density at radius 3 is 2.60 bits per heavy atom. The molecule has 0 spiro atoms. The van der Waals surface area contributed by atoms with Crippen molar-refractivity contribution < 1.29 is 9.18 Å². The second-order valence-electron chi connectivity index (χ2n) is 7.48. The highest BCUT2D eigenvalue weighted by Gasteiger charge is 2.14. The van der Waals surface area contributed by atoms with E-state index in [1.165, 1.54) is 29.5 Å².